The minimum Gasteiger partial charge on any atom is -0.303 e. The average molecular weight is 576 g/mol. The van der Waals surface area contributed by atoms with Crippen LogP contribution in [0.1, 0.15) is 124 Å². The van der Waals surface area contributed by atoms with E-state index in [2.05, 4.69) is 28.5 Å². The number of hydrogen-bond acceptors (Lipinski definition) is 7. The van der Waals surface area contributed by atoms with E-state index < -0.39 is 7.82 Å². The Labute approximate surface area is 243 Å². The van der Waals surface area contributed by atoms with Crippen molar-refractivity contribution in [3.05, 3.63) is 0 Å². The number of phosphoric ester groups is 1. The van der Waals surface area contributed by atoms with Gasteiger partial charge in [0.05, 0.1) is 19.8 Å². The molecule has 0 saturated carbocycles. The third kappa shape index (κ3) is 20.5. The van der Waals surface area contributed by atoms with Gasteiger partial charge in [0.1, 0.15) is 0 Å². The number of hydrogen-bond donors (Lipinski definition) is 0. The molecule has 1 aliphatic rings. The van der Waals surface area contributed by atoms with Gasteiger partial charge in [-0.2, -0.15) is 0 Å². The van der Waals surface area contributed by atoms with E-state index in [4.69, 9.17) is 13.6 Å². The molecule has 8 heteroatoms. The van der Waals surface area contributed by atoms with Crippen LogP contribution >= 0.6 is 7.82 Å². The topological polar surface area (TPSA) is 54.5 Å². The van der Waals surface area contributed by atoms with Gasteiger partial charge in [0.15, 0.2) is 0 Å². The molecule has 0 spiro atoms. The first-order valence-electron chi connectivity index (χ1n) is 16.8. The van der Waals surface area contributed by atoms with E-state index in [1.807, 2.05) is 13.8 Å². The average Bonchev–Trinajstić information content (AvgIpc) is 2.93. The largest absolute Gasteiger partial charge is 0.474 e. The highest BCUT2D eigenvalue weighted by atomic mass is 31.2. The van der Waals surface area contributed by atoms with Crippen LogP contribution in [0.25, 0.3) is 0 Å². The summed E-state index contributed by atoms with van der Waals surface area (Å²) < 4.78 is 28.7. The van der Waals surface area contributed by atoms with Gasteiger partial charge >= 0.3 is 7.82 Å². The number of piperazine rings is 1. The Morgan fingerprint density at radius 3 is 1.49 bits per heavy atom. The quantitative estimate of drug-likeness (QED) is 0.0692. The maximum Gasteiger partial charge on any atom is 0.474 e. The summed E-state index contributed by atoms with van der Waals surface area (Å²) >= 11 is 0. The maximum absolute atomic E-state index is 12.6. The lowest BCUT2D eigenvalue weighted by atomic mass is 10.1. The van der Waals surface area contributed by atoms with E-state index >= 15 is 0 Å². The summed E-state index contributed by atoms with van der Waals surface area (Å²) in [6.07, 6.45) is 19.8. The van der Waals surface area contributed by atoms with Crippen LogP contribution in [0, 0.1) is 0 Å². The third-order valence-corrected chi connectivity index (χ3v) is 9.41. The monoisotopic (exact) mass is 575 g/mol. The van der Waals surface area contributed by atoms with Crippen LogP contribution in [-0.2, 0) is 18.1 Å². The Morgan fingerprint density at radius 2 is 0.974 bits per heavy atom. The summed E-state index contributed by atoms with van der Waals surface area (Å²) in [7, 11) is -3.41. The second-order valence-electron chi connectivity index (χ2n) is 11.2. The van der Waals surface area contributed by atoms with E-state index in [0.29, 0.717) is 19.8 Å². The molecule has 1 aliphatic heterocycles. The molecule has 0 atom stereocenters. The van der Waals surface area contributed by atoms with Gasteiger partial charge in [-0.05, 0) is 65.7 Å². The van der Waals surface area contributed by atoms with Gasteiger partial charge in [0.25, 0.3) is 0 Å². The highest BCUT2D eigenvalue weighted by Gasteiger charge is 2.25. The van der Waals surface area contributed by atoms with Gasteiger partial charge in [-0.3, -0.25) is 13.6 Å². The first-order valence-corrected chi connectivity index (χ1v) is 18.2. The summed E-state index contributed by atoms with van der Waals surface area (Å²) in [4.78, 5) is 7.87. The van der Waals surface area contributed by atoms with Gasteiger partial charge in [-0.15, -0.1) is 0 Å². The van der Waals surface area contributed by atoms with Crippen molar-refractivity contribution in [1.29, 1.82) is 0 Å². The molecule has 0 unspecified atom stereocenters. The molecule has 0 N–H and O–H groups in total. The molecule has 0 radical (unpaired) electrons. The molecule has 0 aliphatic carbocycles. The second-order valence-corrected chi connectivity index (χ2v) is 12.9. The lowest BCUT2D eigenvalue weighted by Gasteiger charge is -2.35. The van der Waals surface area contributed by atoms with Gasteiger partial charge in [0, 0.05) is 32.7 Å². The molecule has 39 heavy (non-hydrogen) atoms. The van der Waals surface area contributed by atoms with Gasteiger partial charge in [-0.25, -0.2) is 4.57 Å². The predicted molar refractivity (Wildman–Crippen MR) is 167 cm³/mol. The molecule has 234 valence electrons. The molecule has 1 rings (SSSR count). The van der Waals surface area contributed by atoms with Crippen molar-refractivity contribution in [2.24, 2.45) is 0 Å². The minimum absolute atomic E-state index is 0.328. The van der Waals surface area contributed by atoms with E-state index in [0.717, 1.165) is 26.1 Å². The Hall–Kier alpha value is -0.0100. The lowest BCUT2D eigenvalue weighted by molar-refractivity contribution is 0.113. The van der Waals surface area contributed by atoms with Crippen molar-refractivity contribution < 1.29 is 18.1 Å². The molecule has 1 heterocycles. The van der Waals surface area contributed by atoms with E-state index in [-0.39, 0.29) is 0 Å². The first-order chi connectivity index (χ1) is 19.1. The molecular formula is C31H66N3O4P. The Kier molecular flexibility index (Phi) is 24.4. The zero-order valence-corrected chi connectivity index (χ0v) is 27.4. The zero-order chi connectivity index (χ0) is 28.4. The summed E-state index contributed by atoms with van der Waals surface area (Å²) in [5, 5.41) is 0. The second kappa shape index (κ2) is 25.7. The zero-order valence-electron chi connectivity index (χ0n) is 26.5. The van der Waals surface area contributed by atoms with Crippen LogP contribution in [0.5, 0.6) is 0 Å². The van der Waals surface area contributed by atoms with Crippen molar-refractivity contribution >= 4 is 7.82 Å². The third-order valence-electron chi connectivity index (χ3n) is 7.76. The van der Waals surface area contributed by atoms with E-state index in [1.54, 1.807) is 0 Å². The van der Waals surface area contributed by atoms with E-state index in [9.17, 15) is 4.57 Å². The fourth-order valence-electron chi connectivity index (χ4n) is 5.36. The summed E-state index contributed by atoms with van der Waals surface area (Å²) in [6, 6.07) is 0. The molecule has 0 bridgehead atoms. The van der Waals surface area contributed by atoms with Gasteiger partial charge in [-0.1, -0.05) is 84.5 Å². The predicted octanol–water partition coefficient (Wildman–Crippen LogP) is 8.00. The fraction of sp³-hybridized carbons (Fsp3) is 1.00. The molecule has 0 aromatic heterocycles. The van der Waals surface area contributed by atoms with Crippen LogP contribution in [0.4, 0.5) is 0 Å². The summed E-state index contributed by atoms with van der Waals surface area (Å²) in [5.74, 6) is 0. The first kappa shape index (κ1) is 37.0. The fourth-order valence-corrected chi connectivity index (χ4v) is 6.57. The SMILES string of the molecule is CCCCCCCCCCCCCN(CCCOP(=O)(OCC)OCC)CCCN1CCN(CCCC)CC1. The minimum atomic E-state index is -3.41. The molecule has 1 saturated heterocycles. The van der Waals surface area contributed by atoms with Crippen molar-refractivity contribution in [3.63, 3.8) is 0 Å². The number of rotatable bonds is 28. The van der Waals surface area contributed by atoms with Crippen molar-refractivity contribution in [1.82, 2.24) is 14.7 Å². The molecule has 0 aromatic rings. The molecule has 1 fully saturated rings. The number of phosphoric acid groups is 1. The van der Waals surface area contributed by atoms with Crippen molar-refractivity contribution in [3.8, 4) is 0 Å². The summed E-state index contributed by atoms with van der Waals surface area (Å²) in [5.41, 5.74) is 0. The Bertz CT molecular complexity index is 566. The molecule has 7 nitrogen and oxygen atoms in total. The molecule has 0 aromatic carbocycles. The molecule has 0 amide bonds. The number of unbranched alkanes of at least 4 members (excludes halogenated alkanes) is 11. The molecular weight excluding hydrogens is 509 g/mol. The standard InChI is InChI=1S/C31H66N3O4P/c1-5-9-11-12-13-14-15-16-17-18-19-23-32(26-21-31-38-39(35,36-7-3)37-8-4)24-20-25-34-29-27-33(28-30-34)22-10-6-2/h5-31H2,1-4H3. The van der Waals surface area contributed by atoms with Crippen LogP contribution in [0.2, 0.25) is 0 Å². The van der Waals surface area contributed by atoms with Crippen molar-refractivity contribution in [2.45, 2.75) is 124 Å². The lowest BCUT2D eigenvalue weighted by Crippen LogP contribution is -2.47. The Balaban J connectivity index is 2.31. The van der Waals surface area contributed by atoms with E-state index in [1.165, 1.54) is 129 Å². The van der Waals surface area contributed by atoms with Crippen LogP contribution in [-0.4, -0.2) is 93.4 Å². The highest BCUT2D eigenvalue weighted by Crippen LogP contribution is 2.49. The summed E-state index contributed by atoms with van der Waals surface area (Å²) in [6.45, 7) is 19.8. The van der Waals surface area contributed by atoms with Crippen LogP contribution in [0.15, 0.2) is 0 Å². The smallest absolute Gasteiger partial charge is 0.303 e. The Morgan fingerprint density at radius 1 is 0.538 bits per heavy atom. The van der Waals surface area contributed by atoms with Crippen molar-refractivity contribution in [2.75, 3.05) is 78.7 Å². The highest BCUT2D eigenvalue weighted by molar-refractivity contribution is 7.48. The maximum atomic E-state index is 12.6. The van der Waals surface area contributed by atoms with Crippen LogP contribution in [0.3, 0.4) is 0 Å². The van der Waals surface area contributed by atoms with Gasteiger partial charge in [0.2, 0.25) is 0 Å². The normalized spacial score (nSPS) is 15.5. The van der Waals surface area contributed by atoms with Crippen LogP contribution < -0.4 is 0 Å². The van der Waals surface area contributed by atoms with Gasteiger partial charge < -0.3 is 14.7 Å². The number of nitrogens with zero attached hydrogens (tertiary/aromatic N) is 3.